The fourth-order valence-electron chi connectivity index (χ4n) is 0.951. The second-order valence-electron chi connectivity index (χ2n) is 3.61. The lowest BCUT2D eigenvalue weighted by Gasteiger charge is -2.02. The van der Waals surface area contributed by atoms with E-state index in [4.69, 9.17) is 4.84 Å². The first-order valence-corrected chi connectivity index (χ1v) is 4.92. The van der Waals surface area contributed by atoms with Crippen molar-refractivity contribution in [1.29, 1.82) is 0 Å². The normalized spacial score (nSPS) is 11.6. The summed E-state index contributed by atoms with van der Waals surface area (Å²) in [7, 11) is 0. The Labute approximate surface area is 89.7 Å². The highest BCUT2D eigenvalue weighted by atomic mass is 16.7. The molecule has 0 aromatic heterocycles. The smallest absolute Gasteiger partial charge is 0.318 e. The summed E-state index contributed by atoms with van der Waals surface area (Å²) in [5, 5.41) is 3.78. The van der Waals surface area contributed by atoms with Crippen LogP contribution in [0.4, 0.5) is 0 Å². The van der Waals surface area contributed by atoms with E-state index in [2.05, 4.69) is 5.16 Å². The summed E-state index contributed by atoms with van der Waals surface area (Å²) in [6.45, 7) is 5.36. The van der Waals surface area contributed by atoms with Crippen LogP contribution in [0, 0.1) is 5.92 Å². The van der Waals surface area contributed by atoms with E-state index in [9.17, 15) is 4.79 Å². The zero-order chi connectivity index (χ0) is 11.3. The van der Waals surface area contributed by atoms with E-state index in [1.807, 2.05) is 37.3 Å². The van der Waals surface area contributed by atoms with Crippen LogP contribution < -0.4 is 0 Å². The Bertz CT molecular complexity index is 355. The fourth-order valence-corrected chi connectivity index (χ4v) is 0.951. The Morgan fingerprint density at radius 1 is 1.27 bits per heavy atom. The first-order chi connectivity index (χ1) is 7.11. The maximum atomic E-state index is 11.1. The molecule has 0 aliphatic rings. The van der Waals surface area contributed by atoms with E-state index in [0.29, 0.717) is 5.71 Å². The number of hydrogen-bond donors (Lipinski definition) is 0. The third kappa shape index (κ3) is 3.54. The van der Waals surface area contributed by atoms with Gasteiger partial charge in [0.2, 0.25) is 0 Å². The van der Waals surface area contributed by atoms with Crippen molar-refractivity contribution in [2.75, 3.05) is 0 Å². The quantitative estimate of drug-likeness (QED) is 0.432. The van der Waals surface area contributed by atoms with Gasteiger partial charge in [-0.15, -0.1) is 0 Å². The molecule has 0 spiro atoms. The Morgan fingerprint density at radius 2 is 1.87 bits per heavy atom. The van der Waals surface area contributed by atoms with E-state index in [1.54, 1.807) is 13.8 Å². The number of oxime groups is 1. The monoisotopic (exact) mass is 205 g/mol. The zero-order valence-electron chi connectivity index (χ0n) is 9.23. The second kappa shape index (κ2) is 5.29. The topological polar surface area (TPSA) is 38.7 Å². The van der Waals surface area contributed by atoms with E-state index >= 15 is 0 Å². The van der Waals surface area contributed by atoms with Gasteiger partial charge in [0.25, 0.3) is 0 Å². The number of carbonyl (C=O) groups is 1. The van der Waals surface area contributed by atoms with Gasteiger partial charge in [-0.1, -0.05) is 49.3 Å². The largest absolute Gasteiger partial charge is 0.337 e. The highest BCUT2D eigenvalue weighted by Crippen LogP contribution is 2.02. The first-order valence-electron chi connectivity index (χ1n) is 4.92. The summed E-state index contributed by atoms with van der Waals surface area (Å²) in [6.07, 6.45) is 0. The molecule has 1 rings (SSSR count). The molecular formula is C12H15NO2. The Kier molecular flexibility index (Phi) is 4.03. The number of rotatable bonds is 3. The average Bonchev–Trinajstić information content (AvgIpc) is 2.26. The summed E-state index contributed by atoms with van der Waals surface area (Å²) >= 11 is 0. The van der Waals surface area contributed by atoms with E-state index in [0.717, 1.165) is 5.56 Å². The van der Waals surface area contributed by atoms with Crippen LogP contribution in [0.15, 0.2) is 35.5 Å². The number of nitrogens with zero attached hydrogens (tertiary/aromatic N) is 1. The van der Waals surface area contributed by atoms with Crippen LogP contribution in [0.25, 0.3) is 0 Å². The van der Waals surface area contributed by atoms with Crippen molar-refractivity contribution >= 4 is 11.7 Å². The van der Waals surface area contributed by atoms with Crippen molar-refractivity contribution in [3.63, 3.8) is 0 Å². The van der Waals surface area contributed by atoms with Gasteiger partial charge in [0.15, 0.2) is 0 Å². The van der Waals surface area contributed by atoms with Gasteiger partial charge in [0.1, 0.15) is 0 Å². The molecule has 0 unspecified atom stereocenters. The third-order valence-corrected chi connectivity index (χ3v) is 1.94. The fraction of sp³-hybridized carbons (Fsp3) is 0.333. The van der Waals surface area contributed by atoms with Crippen LogP contribution in [0.5, 0.6) is 0 Å². The number of carbonyl (C=O) groups excluding carboxylic acids is 1. The molecular weight excluding hydrogens is 190 g/mol. The van der Waals surface area contributed by atoms with Crippen molar-refractivity contribution in [1.82, 2.24) is 0 Å². The van der Waals surface area contributed by atoms with Crippen molar-refractivity contribution in [2.24, 2.45) is 11.1 Å². The molecule has 0 bridgehead atoms. The molecule has 0 saturated carbocycles. The lowest BCUT2D eigenvalue weighted by Crippen LogP contribution is -2.09. The molecule has 0 N–H and O–H groups in total. The highest BCUT2D eigenvalue weighted by Gasteiger charge is 2.08. The molecule has 0 heterocycles. The predicted octanol–water partition coefficient (Wildman–Crippen LogP) is 2.61. The first kappa shape index (κ1) is 11.4. The van der Waals surface area contributed by atoms with Gasteiger partial charge in [-0.05, 0) is 12.5 Å². The Balaban J connectivity index is 2.65. The van der Waals surface area contributed by atoms with Gasteiger partial charge in [-0.2, -0.15) is 0 Å². The third-order valence-electron chi connectivity index (χ3n) is 1.94. The van der Waals surface area contributed by atoms with Gasteiger partial charge in [0, 0.05) is 0 Å². The minimum atomic E-state index is -0.315. The standard InChI is InChI=1S/C12H15NO2/c1-9(2)12(14)15-13-10(3)11-7-5-4-6-8-11/h4-9H,1-3H3. The predicted molar refractivity (Wildman–Crippen MR) is 59.6 cm³/mol. The lowest BCUT2D eigenvalue weighted by atomic mass is 10.1. The highest BCUT2D eigenvalue weighted by molar-refractivity contribution is 5.98. The molecule has 0 radical (unpaired) electrons. The number of hydrogen-bond acceptors (Lipinski definition) is 3. The molecule has 80 valence electrons. The van der Waals surface area contributed by atoms with Crippen molar-refractivity contribution < 1.29 is 9.63 Å². The van der Waals surface area contributed by atoms with Crippen molar-refractivity contribution in [2.45, 2.75) is 20.8 Å². The van der Waals surface area contributed by atoms with Crippen LogP contribution in [0.3, 0.4) is 0 Å². The van der Waals surface area contributed by atoms with Crippen molar-refractivity contribution in [3.8, 4) is 0 Å². The summed E-state index contributed by atoms with van der Waals surface area (Å²) in [6, 6.07) is 9.60. The molecule has 0 aliphatic carbocycles. The minimum Gasteiger partial charge on any atom is -0.318 e. The van der Waals surface area contributed by atoms with E-state index < -0.39 is 0 Å². The maximum absolute atomic E-state index is 11.1. The zero-order valence-corrected chi connectivity index (χ0v) is 9.23. The maximum Gasteiger partial charge on any atom is 0.337 e. The molecule has 0 atom stereocenters. The summed E-state index contributed by atoms with van der Waals surface area (Å²) in [5.41, 5.74) is 1.65. The Hall–Kier alpha value is -1.64. The molecule has 0 aliphatic heterocycles. The molecule has 1 aromatic rings. The Morgan fingerprint density at radius 3 is 2.40 bits per heavy atom. The van der Waals surface area contributed by atoms with Gasteiger partial charge >= 0.3 is 5.97 Å². The summed E-state index contributed by atoms with van der Waals surface area (Å²) in [5.74, 6) is -0.470. The molecule has 15 heavy (non-hydrogen) atoms. The van der Waals surface area contributed by atoms with E-state index in [1.165, 1.54) is 0 Å². The summed E-state index contributed by atoms with van der Waals surface area (Å²) in [4.78, 5) is 15.9. The van der Waals surface area contributed by atoms with Gasteiger partial charge in [-0.25, -0.2) is 4.79 Å². The number of benzene rings is 1. The van der Waals surface area contributed by atoms with Crippen LogP contribution in [0.2, 0.25) is 0 Å². The second-order valence-corrected chi connectivity index (χ2v) is 3.61. The minimum absolute atomic E-state index is 0.155. The lowest BCUT2D eigenvalue weighted by molar-refractivity contribution is -0.147. The SMILES string of the molecule is CC(=NOC(=O)C(C)C)c1ccccc1. The molecule has 0 fully saturated rings. The van der Waals surface area contributed by atoms with Crippen molar-refractivity contribution in [3.05, 3.63) is 35.9 Å². The van der Waals surface area contributed by atoms with Crippen LogP contribution in [-0.4, -0.2) is 11.7 Å². The van der Waals surface area contributed by atoms with Crippen LogP contribution >= 0.6 is 0 Å². The molecule has 3 heteroatoms. The molecule has 3 nitrogen and oxygen atoms in total. The molecule has 0 saturated heterocycles. The summed E-state index contributed by atoms with van der Waals surface area (Å²) < 4.78 is 0. The van der Waals surface area contributed by atoms with Gasteiger partial charge in [0.05, 0.1) is 11.6 Å². The average molecular weight is 205 g/mol. The van der Waals surface area contributed by atoms with Crippen LogP contribution in [-0.2, 0) is 9.63 Å². The van der Waals surface area contributed by atoms with Gasteiger partial charge < -0.3 is 4.84 Å². The van der Waals surface area contributed by atoms with Crippen LogP contribution in [0.1, 0.15) is 26.3 Å². The molecule has 1 aromatic carbocycles. The molecule has 0 amide bonds. The van der Waals surface area contributed by atoms with Gasteiger partial charge in [-0.3, -0.25) is 0 Å². The van der Waals surface area contributed by atoms with E-state index in [-0.39, 0.29) is 11.9 Å².